The van der Waals surface area contributed by atoms with Crippen molar-refractivity contribution in [3.63, 3.8) is 0 Å². The molecule has 3 rings (SSSR count). The van der Waals surface area contributed by atoms with Crippen LogP contribution in [0, 0.1) is 5.82 Å². The predicted molar refractivity (Wildman–Crippen MR) is 116 cm³/mol. The molecule has 1 atom stereocenters. The lowest BCUT2D eigenvalue weighted by Gasteiger charge is -2.28. The Hall–Kier alpha value is -2.69. The van der Waals surface area contributed by atoms with Gasteiger partial charge < -0.3 is 5.32 Å². The first kappa shape index (κ1) is 21.0. The molecule has 5 heteroatoms. The van der Waals surface area contributed by atoms with Gasteiger partial charge in [-0.25, -0.2) is 14.2 Å². The van der Waals surface area contributed by atoms with Gasteiger partial charge in [0.2, 0.25) is 0 Å². The van der Waals surface area contributed by atoms with Gasteiger partial charge in [-0.1, -0.05) is 55.8 Å². The van der Waals surface area contributed by atoms with Crippen LogP contribution in [0.5, 0.6) is 0 Å². The molecule has 1 N–H and O–H groups in total. The highest BCUT2D eigenvalue weighted by Crippen LogP contribution is 2.28. The molecule has 1 aliphatic heterocycles. The van der Waals surface area contributed by atoms with Gasteiger partial charge in [-0.2, -0.15) is 5.10 Å². The lowest BCUT2D eigenvalue weighted by atomic mass is 9.92. The van der Waals surface area contributed by atoms with E-state index in [1.165, 1.54) is 16.6 Å². The van der Waals surface area contributed by atoms with Crippen molar-refractivity contribution >= 4 is 11.7 Å². The third kappa shape index (κ3) is 5.66. The van der Waals surface area contributed by atoms with Crippen LogP contribution in [0.3, 0.4) is 0 Å². The second kappa shape index (κ2) is 9.21. The van der Waals surface area contributed by atoms with Gasteiger partial charge in [0.1, 0.15) is 5.82 Å². The maximum atomic E-state index is 13.8. The molecule has 2 aromatic rings. The Labute approximate surface area is 172 Å². The smallest absolute Gasteiger partial charge is 0.331 e. The number of nitrogens with zero attached hydrogens (tertiary/aromatic N) is 2. The van der Waals surface area contributed by atoms with E-state index in [9.17, 15) is 9.18 Å². The average molecular weight is 396 g/mol. The zero-order valence-electron chi connectivity index (χ0n) is 17.5. The van der Waals surface area contributed by atoms with Crippen LogP contribution in [0.25, 0.3) is 0 Å². The molecule has 154 valence electrons. The van der Waals surface area contributed by atoms with Gasteiger partial charge in [0.15, 0.2) is 0 Å². The van der Waals surface area contributed by atoms with Crippen LogP contribution in [0.2, 0.25) is 0 Å². The molecule has 0 aromatic heterocycles. The number of benzene rings is 2. The van der Waals surface area contributed by atoms with Crippen LogP contribution in [-0.2, 0) is 6.42 Å². The molecular weight excluding hydrogens is 365 g/mol. The van der Waals surface area contributed by atoms with Gasteiger partial charge in [-0.3, -0.25) is 0 Å². The van der Waals surface area contributed by atoms with E-state index in [4.69, 9.17) is 0 Å². The molecule has 0 fully saturated rings. The summed E-state index contributed by atoms with van der Waals surface area (Å²) in [5.41, 5.74) is 2.59. The molecule has 0 saturated heterocycles. The van der Waals surface area contributed by atoms with Gasteiger partial charge in [-0.15, -0.1) is 0 Å². The Morgan fingerprint density at radius 2 is 1.97 bits per heavy atom. The second-order valence-electron chi connectivity index (χ2n) is 8.36. The number of amides is 2. The summed E-state index contributed by atoms with van der Waals surface area (Å²) in [6.45, 7) is 6.60. The number of nitrogens with one attached hydrogen (secondary N) is 1. The summed E-state index contributed by atoms with van der Waals surface area (Å²) in [6, 6.07) is 16.5. The Morgan fingerprint density at radius 1 is 1.21 bits per heavy atom. The van der Waals surface area contributed by atoms with E-state index in [0.29, 0.717) is 6.54 Å². The number of unbranched alkanes of at least 4 members (excludes halogenated alkanes) is 1. The van der Waals surface area contributed by atoms with Crippen molar-refractivity contribution in [1.82, 2.24) is 10.3 Å². The molecule has 1 unspecified atom stereocenters. The molecule has 0 spiro atoms. The van der Waals surface area contributed by atoms with Crippen LogP contribution in [0.4, 0.5) is 9.18 Å². The van der Waals surface area contributed by atoms with Gasteiger partial charge >= 0.3 is 6.03 Å². The SMILES string of the molecule is CCCCC1=NN(C(=O)NC(C)(C)Cc2ccccc2)CC1c1cccc(F)c1. The maximum absolute atomic E-state index is 13.8. The topological polar surface area (TPSA) is 44.7 Å². The highest BCUT2D eigenvalue weighted by molar-refractivity contribution is 5.94. The molecule has 1 heterocycles. The van der Waals surface area contributed by atoms with Crippen molar-refractivity contribution < 1.29 is 9.18 Å². The summed E-state index contributed by atoms with van der Waals surface area (Å²) >= 11 is 0. The molecular formula is C24H30FN3O. The van der Waals surface area contributed by atoms with E-state index in [0.717, 1.165) is 37.0 Å². The van der Waals surface area contributed by atoms with E-state index < -0.39 is 5.54 Å². The maximum Gasteiger partial charge on any atom is 0.338 e. The standard InChI is InChI=1S/C24H30FN3O/c1-4-5-14-22-21(19-12-9-13-20(25)15-19)17-28(27-22)23(29)26-24(2,3)16-18-10-7-6-8-11-18/h6-13,15,21H,4-5,14,16-17H2,1-3H3,(H,26,29). The summed E-state index contributed by atoms with van der Waals surface area (Å²) in [5.74, 6) is -0.315. The van der Waals surface area contributed by atoms with E-state index in [1.807, 2.05) is 38.1 Å². The van der Waals surface area contributed by atoms with Crippen molar-refractivity contribution in [3.8, 4) is 0 Å². The summed E-state index contributed by atoms with van der Waals surface area (Å²) in [5, 5.41) is 9.24. The van der Waals surface area contributed by atoms with Crippen molar-refractivity contribution in [2.24, 2.45) is 5.10 Å². The minimum Gasteiger partial charge on any atom is -0.331 e. The Kier molecular flexibility index (Phi) is 6.68. The van der Waals surface area contributed by atoms with Gasteiger partial charge in [0.05, 0.1) is 6.54 Å². The van der Waals surface area contributed by atoms with Crippen molar-refractivity contribution in [2.45, 2.75) is 57.9 Å². The summed E-state index contributed by atoms with van der Waals surface area (Å²) in [7, 11) is 0. The lowest BCUT2D eigenvalue weighted by molar-refractivity contribution is 0.192. The van der Waals surface area contributed by atoms with Gasteiger partial charge in [-0.05, 0) is 56.4 Å². The molecule has 4 nitrogen and oxygen atoms in total. The fraction of sp³-hybridized carbons (Fsp3) is 0.417. The number of carbonyl (C=O) groups is 1. The summed E-state index contributed by atoms with van der Waals surface area (Å²) < 4.78 is 13.8. The number of carbonyl (C=O) groups excluding carboxylic acids is 1. The van der Waals surface area contributed by atoms with E-state index in [-0.39, 0.29) is 17.8 Å². The monoisotopic (exact) mass is 395 g/mol. The van der Waals surface area contributed by atoms with Crippen LogP contribution >= 0.6 is 0 Å². The fourth-order valence-corrected chi connectivity index (χ4v) is 3.78. The Bertz CT molecular complexity index is 863. The van der Waals surface area contributed by atoms with Gasteiger partial charge in [0, 0.05) is 17.2 Å². The van der Waals surface area contributed by atoms with Crippen LogP contribution < -0.4 is 5.32 Å². The zero-order valence-corrected chi connectivity index (χ0v) is 17.5. The highest BCUT2D eigenvalue weighted by Gasteiger charge is 2.33. The minimum absolute atomic E-state index is 0.0553. The molecule has 2 amide bonds. The third-order valence-corrected chi connectivity index (χ3v) is 5.21. The predicted octanol–water partition coefficient (Wildman–Crippen LogP) is 5.50. The first-order valence-electron chi connectivity index (χ1n) is 10.3. The zero-order chi connectivity index (χ0) is 20.9. The van der Waals surface area contributed by atoms with Crippen LogP contribution in [-0.4, -0.2) is 28.8 Å². The van der Waals surface area contributed by atoms with E-state index in [2.05, 4.69) is 29.5 Å². The molecule has 0 radical (unpaired) electrons. The number of hydrazone groups is 1. The quantitative estimate of drug-likeness (QED) is 0.661. The van der Waals surface area contributed by atoms with E-state index in [1.54, 1.807) is 12.1 Å². The number of rotatable bonds is 7. The number of hydrogen-bond donors (Lipinski definition) is 1. The molecule has 0 aliphatic carbocycles. The molecule has 1 aliphatic rings. The molecule has 0 bridgehead atoms. The second-order valence-corrected chi connectivity index (χ2v) is 8.36. The Balaban J connectivity index is 1.72. The molecule has 2 aromatic carbocycles. The highest BCUT2D eigenvalue weighted by atomic mass is 19.1. The lowest BCUT2D eigenvalue weighted by Crippen LogP contribution is -2.49. The van der Waals surface area contributed by atoms with E-state index >= 15 is 0 Å². The molecule has 29 heavy (non-hydrogen) atoms. The van der Waals surface area contributed by atoms with Crippen molar-refractivity contribution in [2.75, 3.05) is 6.54 Å². The van der Waals surface area contributed by atoms with Crippen molar-refractivity contribution in [1.29, 1.82) is 0 Å². The van der Waals surface area contributed by atoms with Crippen molar-refractivity contribution in [3.05, 3.63) is 71.5 Å². The number of hydrogen-bond acceptors (Lipinski definition) is 2. The van der Waals surface area contributed by atoms with Crippen LogP contribution in [0.15, 0.2) is 59.7 Å². The number of urea groups is 1. The number of halogens is 1. The third-order valence-electron chi connectivity index (χ3n) is 5.21. The Morgan fingerprint density at radius 3 is 2.66 bits per heavy atom. The summed E-state index contributed by atoms with van der Waals surface area (Å²) in [4.78, 5) is 12.9. The molecule has 0 saturated carbocycles. The first-order valence-corrected chi connectivity index (χ1v) is 10.3. The van der Waals surface area contributed by atoms with Gasteiger partial charge in [0.25, 0.3) is 0 Å². The summed E-state index contributed by atoms with van der Waals surface area (Å²) in [6.07, 6.45) is 3.59. The normalized spacial score (nSPS) is 16.6. The van der Waals surface area contributed by atoms with Crippen LogP contribution in [0.1, 0.15) is 57.1 Å². The average Bonchev–Trinajstić information content (AvgIpc) is 3.11. The fourth-order valence-electron chi connectivity index (χ4n) is 3.78. The largest absolute Gasteiger partial charge is 0.338 e. The minimum atomic E-state index is -0.408. The first-order chi connectivity index (χ1) is 13.9.